The van der Waals surface area contributed by atoms with Gasteiger partial charge in [0.25, 0.3) is 0 Å². The van der Waals surface area contributed by atoms with E-state index < -0.39 is 0 Å². The van der Waals surface area contributed by atoms with E-state index in [4.69, 9.17) is 11.5 Å². The topological polar surface area (TPSA) is 69.9 Å². The Morgan fingerprint density at radius 3 is 2.53 bits per heavy atom. The first-order chi connectivity index (χ1) is 7.31. The number of aromatic nitrogens is 2. The van der Waals surface area contributed by atoms with E-state index in [2.05, 4.69) is 4.98 Å². The van der Waals surface area contributed by atoms with Gasteiger partial charge in [-0.25, -0.2) is 4.98 Å². The van der Waals surface area contributed by atoms with Crippen molar-refractivity contribution in [2.45, 2.75) is 6.04 Å². The zero-order chi connectivity index (χ0) is 10.7. The van der Waals surface area contributed by atoms with Gasteiger partial charge < -0.3 is 16.0 Å². The molecule has 1 heterocycles. The molecule has 15 heavy (non-hydrogen) atoms. The molecule has 1 aromatic heterocycles. The van der Waals surface area contributed by atoms with E-state index in [-0.39, 0.29) is 6.04 Å². The second kappa shape index (κ2) is 4.25. The maximum atomic E-state index is 5.82. The van der Waals surface area contributed by atoms with Crippen LogP contribution in [-0.2, 0) is 0 Å². The summed E-state index contributed by atoms with van der Waals surface area (Å²) in [6, 6.07) is 7.92. The molecule has 0 saturated heterocycles. The molecule has 0 fully saturated rings. The lowest BCUT2D eigenvalue weighted by molar-refractivity contribution is 0.737. The third-order valence-corrected chi connectivity index (χ3v) is 2.38. The maximum Gasteiger partial charge on any atom is 0.0991 e. The SMILES string of the molecule is NC[C@@H](N)c1ccc(-n2ccnc2)cc1. The predicted octanol–water partition coefficient (Wildman–Crippen LogP) is 0.831. The van der Waals surface area contributed by atoms with Crippen LogP contribution < -0.4 is 11.5 Å². The van der Waals surface area contributed by atoms with Crippen LogP contribution in [0.1, 0.15) is 11.6 Å². The highest BCUT2D eigenvalue weighted by atomic mass is 15.0. The van der Waals surface area contributed by atoms with Gasteiger partial charge in [0.1, 0.15) is 0 Å². The first kappa shape index (κ1) is 9.89. The summed E-state index contributed by atoms with van der Waals surface area (Å²) < 4.78 is 1.94. The number of nitrogens with zero attached hydrogens (tertiary/aromatic N) is 2. The summed E-state index contributed by atoms with van der Waals surface area (Å²) in [5.41, 5.74) is 13.4. The first-order valence-electron chi connectivity index (χ1n) is 4.85. The molecule has 2 aromatic rings. The average molecular weight is 202 g/mol. The van der Waals surface area contributed by atoms with Crippen LogP contribution in [0.2, 0.25) is 0 Å². The molecule has 1 aromatic carbocycles. The fourth-order valence-corrected chi connectivity index (χ4v) is 1.44. The predicted molar refractivity (Wildman–Crippen MR) is 59.5 cm³/mol. The molecule has 0 spiro atoms. The third kappa shape index (κ3) is 2.06. The summed E-state index contributed by atoms with van der Waals surface area (Å²) in [5.74, 6) is 0. The minimum atomic E-state index is -0.0816. The molecule has 0 aliphatic carbocycles. The van der Waals surface area contributed by atoms with Crippen LogP contribution in [0.3, 0.4) is 0 Å². The standard InChI is InChI=1S/C11H14N4/c12-7-11(13)9-1-3-10(4-2-9)15-6-5-14-8-15/h1-6,8,11H,7,12-13H2/t11-/m1/s1. The Kier molecular flexibility index (Phi) is 2.80. The molecule has 2 rings (SSSR count). The maximum absolute atomic E-state index is 5.82. The van der Waals surface area contributed by atoms with Gasteiger partial charge in [0.2, 0.25) is 0 Å². The van der Waals surface area contributed by atoms with Crippen molar-refractivity contribution in [1.82, 2.24) is 9.55 Å². The van der Waals surface area contributed by atoms with Crippen LogP contribution in [0.5, 0.6) is 0 Å². The van der Waals surface area contributed by atoms with Crippen molar-refractivity contribution in [3.63, 3.8) is 0 Å². The average Bonchev–Trinajstić information content (AvgIpc) is 2.82. The van der Waals surface area contributed by atoms with Crippen LogP contribution in [0, 0.1) is 0 Å². The molecule has 4 heteroatoms. The van der Waals surface area contributed by atoms with Crippen LogP contribution in [0.4, 0.5) is 0 Å². The van der Waals surface area contributed by atoms with Gasteiger partial charge in [-0.1, -0.05) is 12.1 Å². The highest BCUT2D eigenvalue weighted by Crippen LogP contribution is 2.13. The number of hydrogen-bond acceptors (Lipinski definition) is 3. The monoisotopic (exact) mass is 202 g/mol. The molecule has 0 amide bonds. The summed E-state index contributed by atoms with van der Waals surface area (Å²) in [7, 11) is 0. The lowest BCUT2D eigenvalue weighted by Crippen LogP contribution is -2.20. The minimum Gasteiger partial charge on any atom is -0.329 e. The van der Waals surface area contributed by atoms with Crippen molar-refractivity contribution in [3.05, 3.63) is 48.5 Å². The minimum absolute atomic E-state index is 0.0816. The zero-order valence-corrected chi connectivity index (χ0v) is 8.38. The molecule has 0 saturated carbocycles. The van der Waals surface area contributed by atoms with Gasteiger partial charge in [-0.05, 0) is 17.7 Å². The van der Waals surface area contributed by atoms with Gasteiger partial charge in [0.15, 0.2) is 0 Å². The fraction of sp³-hybridized carbons (Fsp3) is 0.182. The highest BCUT2D eigenvalue weighted by molar-refractivity contribution is 5.35. The van der Waals surface area contributed by atoms with Gasteiger partial charge in [-0.2, -0.15) is 0 Å². The Bertz CT molecular complexity index is 405. The van der Waals surface area contributed by atoms with Crippen LogP contribution in [0.15, 0.2) is 43.0 Å². The zero-order valence-electron chi connectivity index (χ0n) is 8.38. The molecular formula is C11H14N4. The van der Waals surface area contributed by atoms with E-state index in [0.29, 0.717) is 6.54 Å². The molecule has 4 N–H and O–H groups in total. The number of imidazole rings is 1. The van der Waals surface area contributed by atoms with E-state index in [0.717, 1.165) is 11.3 Å². The van der Waals surface area contributed by atoms with Crippen LogP contribution >= 0.6 is 0 Å². The third-order valence-electron chi connectivity index (χ3n) is 2.38. The molecule has 0 bridgehead atoms. The second-order valence-corrected chi connectivity index (χ2v) is 3.40. The summed E-state index contributed by atoms with van der Waals surface area (Å²) in [6.45, 7) is 0.463. The molecule has 0 aliphatic heterocycles. The van der Waals surface area contributed by atoms with Crippen molar-refractivity contribution in [2.75, 3.05) is 6.54 Å². The molecule has 4 nitrogen and oxygen atoms in total. The number of nitrogens with two attached hydrogens (primary N) is 2. The van der Waals surface area contributed by atoms with Crippen molar-refractivity contribution in [3.8, 4) is 5.69 Å². The van der Waals surface area contributed by atoms with Crippen LogP contribution in [0.25, 0.3) is 5.69 Å². The van der Waals surface area contributed by atoms with Gasteiger partial charge >= 0.3 is 0 Å². The summed E-state index contributed by atoms with van der Waals surface area (Å²) >= 11 is 0. The van der Waals surface area contributed by atoms with Gasteiger partial charge in [0, 0.05) is 30.7 Å². The lowest BCUT2D eigenvalue weighted by Gasteiger charge is -2.09. The summed E-state index contributed by atoms with van der Waals surface area (Å²) in [4.78, 5) is 3.99. The Balaban J connectivity index is 2.25. The normalized spacial score (nSPS) is 12.7. The van der Waals surface area contributed by atoms with E-state index in [1.165, 1.54) is 0 Å². The van der Waals surface area contributed by atoms with Crippen molar-refractivity contribution in [2.24, 2.45) is 11.5 Å². The summed E-state index contributed by atoms with van der Waals surface area (Å²) in [5, 5.41) is 0. The Hall–Kier alpha value is -1.65. The van der Waals surface area contributed by atoms with Gasteiger partial charge in [-0.15, -0.1) is 0 Å². The first-order valence-corrected chi connectivity index (χ1v) is 4.85. The molecule has 0 radical (unpaired) electrons. The van der Waals surface area contributed by atoms with Gasteiger partial charge in [-0.3, -0.25) is 0 Å². The van der Waals surface area contributed by atoms with Crippen molar-refractivity contribution in [1.29, 1.82) is 0 Å². The van der Waals surface area contributed by atoms with Crippen LogP contribution in [-0.4, -0.2) is 16.1 Å². The van der Waals surface area contributed by atoms with Gasteiger partial charge in [0.05, 0.1) is 6.33 Å². The Morgan fingerprint density at radius 2 is 2.00 bits per heavy atom. The Labute approximate surface area is 88.5 Å². The lowest BCUT2D eigenvalue weighted by atomic mass is 10.1. The van der Waals surface area contributed by atoms with Crippen molar-refractivity contribution >= 4 is 0 Å². The number of benzene rings is 1. The van der Waals surface area contributed by atoms with Crippen molar-refractivity contribution < 1.29 is 0 Å². The molecule has 0 aliphatic rings. The van der Waals surface area contributed by atoms with E-state index in [9.17, 15) is 0 Å². The highest BCUT2D eigenvalue weighted by Gasteiger charge is 2.03. The van der Waals surface area contributed by atoms with E-state index in [1.807, 2.05) is 35.0 Å². The molecule has 78 valence electrons. The number of rotatable bonds is 3. The Morgan fingerprint density at radius 1 is 1.27 bits per heavy atom. The molecule has 0 unspecified atom stereocenters. The smallest absolute Gasteiger partial charge is 0.0991 e. The molecule has 1 atom stereocenters. The second-order valence-electron chi connectivity index (χ2n) is 3.40. The fourth-order valence-electron chi connectivity index (χ4n) is 1.44. The number of hydrogen-bond donors (Lipinski definition) is 2. The van der Waals surface area contributed by atoms with E-state index in [1.54, 1.807) is 12.5 Å². The quantitative estimate of drug-likeness (QED) is 0.774. The largest absolute Gasteiger partial charge is 0.329 e. The molecular weight excluding hydrogens is 188 g/mol. The summed E-state index contributed by atoms with van der Waals surface area (Å²) in [6.07, 6.45) is 5.41. The van der Waals surface area contributed by atoms with E-state index >= 15 is 0 Å².